The number of methoxy groups -OCH3 is 1. The second-order valence-corrected chi connectivity index (χ2v) is 6.15. The molecule has 0 bridgehead atoms. The summed E-state index contributed by atoms with van der Waals surface area (Å²) in [6.07, 6.45) is 2.63. The molecule has 0 saturated carbocycles. The number of thiophene rings is 1. The molecule has 0 aliphatic carbocycles. The summed E-state index contributed by atoms with van der Waals surface area (Å²) in [6.45, 7) is 3.37. The molecule has 6 heteroatoms. The Balaban J connectivity index is 2.25. The van der Waals surface area contributed by atoms with Gasteiger partial charge in [0.2, 0.25) is 0 Å². The van der Waals surface area contributed by atoms with Crippen LogP contribution in [0, 0.1) is 0 Å². The van der Waals surface area contributed by atoms with Crippen LogP contribution >= 0.6 is 22.9 Å². The van der Waals surface area contributed by atoms with Crippen LogP contribution in [0.5, 0.6) is 0 Å². The molecule has 0 N–H and O–H groups in total. The third kappa shape index (κ3) is 3.35. The van der Waals surface area contributed by atoms with Crippen molar-refractivity contribution in [1.82, 2.24) is 9.97 Å². The third-order valence-corrected chi connectivity index (χ3v) is 4.34. The number of ether oxygens (including phenoxy) is 1. The lowest BCUT2D eigenvalue weighted by Crippen LogP contribution is -2.29. The predicted octanol–water partition coefficient (Wildman–Crippen LogP) is 2.94. The van der Waals surface area contributed by atoms with Crippen LogP contribution in [0.25, 0.3) is 10.2 Å². The Kier molecular flexibility index (Phi) is 4.96. The van der Waals surface area contributed by atoms with Crippen molar-refractivity contribution >= 4 is 39.0 Å². The first kappa shape index (κ1) is 14.5. The average molecular weight is 300 g/mol. The summed E-state index contributed by atoms with van der Waals surface area (Å²) in [5.41, 5.74) is 0. The number of alkyl halides is 1. The minimum absolute atomic E-state index is 0.0516. The number of anilines is 1. The van der Waals surface area contributed by atoms with E-state index in [-0.39, 0.29) is 5.38 Å². The van der Waals surface area contributed by atoms with Gasteiger partial charge < -0.3 is 9.64 Å². The zero-order chi connectivity index (χ0) is 13.8. The van der Waals surface area contributed by atoms with E-state index in [0.29, 0.717) is 13.2 Å². The summed E-state index contributed by atoms with van der Waals surface area (Å²) >= 11 is 7.92. The van der Waals surface area contributed by atoms with Gasteiger partial charge in [-0.1, -0.05) is 6.92 Å². The first-order valence-electron chi connectivity index (χ1n) is 6.23. The van der Waals surface area contributed by atoms with E-state index in [9.17, 15) is 0 Å². The molecule has 2 aromatic heterocycles. The van der Waals surface area contributed by atoms with Crippen LogP contribution in [0.3, 0.4) is 0 Å². The number of hydrogen-bond acceptors (Lipinski definition) is 5. The molecule has 4 nitrogen and oxygen atoms in total. The van der Waals surface area contributed by atoms with E-state index < -0.39 is 0 Å². The van der Waals surface area contributed by atoms with Crippen LogP contribution in [0.4, 0.5) is 5.82 Å². The van der Waals surface area contributed by atoms with E-state index in [1.807, 2.05) is 7.05 Å². The van der Waals surface area contributed by atoms with Crippen molar-refractivity contribution in [2.24, 2.45) is 0 Å². The number of aromatic nitrogens is 2. The van der Waals surface area contributed by atoms with Gasteiger partial charge in [-0.25, -0.2) is 9.97 Å². The smallest absolute Gasteiger partial charge is 0.140 e. The van der Waals surface area contributed by atoms with Crippen molar-refractivity contribution in [3.8, 4) is 0 Å². The molecule has 0 spiro atoms. The Hall–Kier alpha value is -0.910. The number of aryl methyl sites for hydroxylation is 1. The highest BCUT2D eigenvalue weighted by molar-refractivity contribution is 7.18. The van der Waals surface area contributed by atoms with Crippen molar-refractivity contribution in [3.05, 3.63) is 17.3 Å². The molecular formula is C13H18ClN3OS. The van der Waals surface area contributed by atoms with Gasteiger partial charge in [0.05, 0.1) is 17.4 Å². The quantitative estimate of drug-likeness (QED) is 0.769. The minimum Gasteiger partial charge on any atom is -0.383 e. The van der Waals surface area contributed by atoms with E-state index in [1.54, 1.807) is 24.8 Å². The summed E-state index contributed by atoms with van der Waals surface area (Å²) in [7, 11) is 3.65. The van der Waals surface area contributed by atoms with Crippen molar-refractivity contribution in [3.63, 3.8) is 0 Å². The van der Waals surface area contributed by atoms with Crippen LogP contribution in [0.1, 0.15) is 11.8 Å². The molecule has 0 fully saturated rings. The molecule has 0 amide bonds. The third-order valence-electron chi connectivity index (χ3n) is 2.89. The van der Waals surface area contributed by atoms with Gasteiger partial charge in [-0.3, -0.25) is 0 Å². The molecular weight excluding hydrogens is 282 g/mol. The van der Waals surface area contributed by atoms with Crippen LogP contribution in [0.2, 0.25) is 0 Å². The van der Waals surface area contributed by atoms with Crippen LogP contribution in [0.15, 0.2) is 12.4 Å². The van der Waals surface area contributed by atoms with E-state index >= 15 is 0 Å². The zero-order valence-electron chi connectivity index (χ0n) is 11.4. The van der Waals surface area contributed by atoms with E-state index in [4.69, 9.17) is 16.3 Å². The van der Waals surface area contributed by atoms with Crippen LogP contribution in [-0.2, 0) is 11.2 Å². The number of nitrogens with zero attached hydrogens (tertiary/aromatic N) is 3. The molecule has 104 valence electrons. The minimum atomic E-state index is -0.0516. The second kappa shape index (κ2) is 6.50. The molecule has 19 heavy (non-hydrogen) atoms. The number of hydrogen-bond donors (Lipinski definition) is 0. The maximum absolute atomic E-state index is 6.20. The van der Waals surface area contributed by atoms with Crippen molar-refractivity contribution in [1.29, 1.82) is 0 Å². The van der Waals surface area contributed by atoms with Gasteiger partial charge >= 0.3 is 0 Å². The lowest BCUT2D eigenvalue weighted by atomic mass is 10.3. The SMILES string of the molecule is CCc1cc2c(N(C)CC(Cl)COC)ncnc2s1. The molecule has 0 aliphatic heterocycles. The second-order valence-electron chi connectivity index (χ2n) is 4.42. The highest BCUT2D eigenvalue weighted by Crippen LogP contribution is 2.30. The van der Waals surface area contributed by atoms with Crippen molar-refractivity contribution in [2.75, 3.05) is 32.2 Å². The standard InChI is InChI=1S/C13H18ClN3OS/c1-4-10-5-11-12(15-8-16-13(11)19-10)17(2)6-9(14)7-18-3/h5,8-9H,4,6-7H2,1-3H3. The Bertz CT molecular complexity index is 546. The fourth-order valence-electron chi connectivity index (χ4n) is 1.99. The Morgan fingerprint density at radius 2 is 2.26 bits per heavy atom. The molecule has 0 aliphatic rings. The fraction of sp³-hybridized carbons (Fsp3) is 0.538. The molecule has 2 aromatic rings. The molecule has 0 saturated heterocycles. The first-order chi connectivity index (χ1) is 9.15. The normalized spacial score (nSPS) is 12.8. The Labute approximate surface area is 122 Å². The van der Waals surface area contributed by atoms with Gasteiger partial charge in [0.1, 0.15) is 17.0 Å². The van der Waals surface area contributed by atoms with Gasteiger partial charge in [0, 0.05) is 25.6 Å². The summed E-state index contributed by atoms with van der Waals surface area (Å²) in [4.78, 5) is 13.1. The van der Waals surface area contributed by atoms with Crippen LogP contribution < -0.4 is 4.90 Å². The molecule has 0 radical (unpaired) electrons. The summed E-state index contributed by atoms with van der Waals surface area (Å²) in [5.74, 6) is 0.933. The summed E-state index contributed by atoms with van der Waals surface area (Å²) < 4.78 is 5.06. The largest absolute Gasteiger partial charge is 0.383 e. The van der Waals surface area contributed by atoms with Gasteiger partial charge in [-0.05, 0) is 12.5 Å². The van der Waals surface area contributed by atoms with Gasteiger partial charge in [-0.15, -0.1) is 22.9 Å². The number of halogens is 1. The maximum Gasteiger partial charge on any atom is 0.140 e. The Morgan fingerprint density at radius 3 is 2.95 bits per heavy atom. The number of fused-ring (bicyclic) bond motifs is 1. The highest BCUT2D eigenvalue weighted by Gasteiger charge is 2.14. The van der Waals surface area contributed by atoms with Crippen LogP contribution in [-0.4, -0.2) is 42.7 Å². The van der Waals surface area contributed by atoms with E-state index in [1.165, 1.54) is 4.88 Å². The highest BCUT2D eigenvalue weighted by atomic mass is 35.5. The monoisotopic (exact) mass is 299 g/mol. The molecule has 0 aromatic carbocycles. The first-order valence-corrected chi connectivity index (χ1v) is 7.48. The van der Waals surface area contributed by atoms with E-state index in [0.717, 1.165) is 22.5 Å². The summed E-state index contributed by atoms with van der Waals surface area (Å²) in [5, 5.41) is 1.05. The number of rotatable bonds is 6. The zero-order valence-corrected chi connectivity index (χ0v) is 13.0. The fourth-order valence-corrected chi connectivity index (χ4v) is 3.25. The molecule has 1 atom stereocenters. The van der Waals surface area contributed by atoms with Gasteiger partial charge in [0.25, 0.3) is 0 Å². The Morgan fingerprint density at radius 1 is 1.47 bits per heavy atom. The van der Waals surface area contributed by atoms with E-state index in [2.05, 4.69) is 27.9 Å². The van der Waals surface area contributed by atoms with Crippen molar-refractivity contribution < 1.29 is 4.74 Å². The summed E-state index contributed by atoms with van der Waals surface area (Å²) in [6, 6.07) is 2.17. The lowest BCUT2D eigenvalue weighted by Gasteiger charge is -2.21. The lowest BCUT2D eigenvalue weighted by molar-refractivity contribution is 0.199. The maximum atomic E-state index is 6.20. The predicted molar refractivity (Wildman–Crippen MR) is 81.6 cm³/mol. The average Bonchev–Trinajstić information content (AvgIpc) is 2.81. The molecule has 2 heterocycles. The molecule has 1 unspecified atom stereocenters. The van der Waals surface area contributed by atoms with Gasteiger partial charge in [0.15, 0.2) is 0 Å². The topological polar surface area (TPSA) is 38.2 Å². The van der Waals surface area contributed by atoms with Gasteiger partial charge in [-0.2, -0.15) is 0 Å². The van der Waals surface area contributed by atoms with Crippen molar-refractivity contribution in [2.45, 2.75) is 18.7 Å². The molecule has 2 rings (SSSR count).